The van der Waals surface area contributed by atoms with Crippen molar-refractivity contribution in [2.75, 3.05) is 6.54 Å². The number of rotatable bonds is 4. The second-order valence-corrected chi connectivity index (χ2v) is 5.01. The maximum atomic E-state index is 3.41. The Morgan fingerprint density at radius 3 is 2.88 bits per heavy atom. The highest BCUT2D eigenvalue weighted by molar-refractivity contribution is 5.28. The van der Waals surface area contributed by atoms with Crippen molar-refractivity contribution in [2.45, 2.75) is 58.5 Å². The summed E-state index contributed by atoms with van der Waals surface area (Å²) in [4.78, 5) is 6.11. The Kier molecular flexibility index (Phi) is 3.70. The summed E-state index contributed by atoms with van der Waals surface area (Å²) in [5, 5.41) is 0. The van der Waals surface area contributed by atoms with Crippen LogP contribution in [0.2, 0.25) is 0 Å². The fraction of sp³-hybridized carbons (Fsp3) is 0.714. The summed E-state index contributed by atoms with van der Waals surface area (Å²) < 4.78 is 0. The fourth-order valence-electron chi connectivity index (χ4n) is 3.03. The Hall–Kier alpha value is -0.760. The van der Waals surface area contributed by atoms with Gasteiger partial charge in [0.05, 0.1) is 0 Å². The first-order valence-electron chi connectivity index (χ1n) is 6.69. The van der Waals surface area contributed by atoms with Gasteiger partial charge in [-0.15, -0.1) is 0 Å². The summed E-state index contributed by atoms with van der Waals surface area (Å²) in [5.74, 6) is 0. The van der Waals surface area contributed by atoms with E-state index in [-0.39, 0.29) is 0 Å². The van der Waals surface area contributed by atoms with Crippen LogP contribution >= 0.6 is 0 Å². The van der Waals surface area contributed by atoms with Gasteiger partial charge in [-0.3, -0.25) is 4.90 Å². The molecule has 0 fully saturated rings. The molecule has 0 radical (unpaired) electrons. The van der Waals surface area contributed by atoms with E-state index < -0.39 is 0 Å². The van der Waals surface area contributed by atoms with Crippen molar-refractivity contribution in [2.24, 2.45) is 0 Å². The van der Waals surface area contributed by atoms with Crippen LogP contribution in [0.3, 0.4) is 0 Å². The van der Waals surface area contributed by atoms with Crippen LogP contribution in [-0.4, -0.2) is 22.5 Å². The number of hydrogen-bond donors (Lipinski definition) is 1. The zero-order valence-electron chi connectivity index (χ0n) is 10.8. The topological polar surface area (TPSA) is 19.0 Å². The first kappa shape index (κ1) is 11.7. The monoisotopic (exact) mass is 220 g/mol. The van der Waals surface area contributed by atoms with Gasteiger partial charge in [0.25, 0.3) is 0 Å². The van der Waals surface area contributed by atoms with Gasteiger partial charge in [-0.25, -0.2) is 0 Å². The molecule has 16 heavy (non-hydrogen) atoms. The van der Waals surface area contributed by atoms with Crippen molar-refractivity contribution >= 4 is 0 Å². The van der Waals surface area contributed by atoms with Crippen LogP contribution in [0.15, 0.2) is 12.3 Å². The van der Waals surface area contributed by atoms with Crippen molar-refractivity contribution in [3.63, 3.8) is 0 Å². The standard InChI is InChI=1S/C14H24N2/c1-4-6-14-12-7-8-15-13(12)10-11(3)16(14)9-5-2/h7-8,11,14-15H,4-6,9-10H2,1-3H3/t11-,14+/m0/s1. The van der Waals surface area contributed by atoms with Crippen molar-refractivity contribution in [3.05, 3.63) is 23.5 Å². The molecule has 1 aliphatic rings. The minimum absolute atomic E-state index is 0.648. The molecule has 0 saturated heterocycles. The Bertz CT molecular complexity index is 329. The molecule has 1 aliphatic heterocycles. The highest BCUT2D eigenvalue weighted by Crippen LogP contribution is 2.35. The van der Waals surface area contributed by atoms with Crippen molar-refractivity contribution in [1.29, 1.82) is 0 Å². The molecule has 0 aliphatic carbocycles. The zero-order chi connectivity index (χ0) is 11.5. The Morgan fingerprint density at radius 1 is 1.38 bits per heavy atom. The predicted octanol–water partition coefficient (Wildman–Crippen LogP) is 3.51. The maximum Gasteiger partial charge on any atom is 0.0368 e. The number of aromatic nitrogens is 1. The lowest BCUT2D eigenvalue weighted by Crippen LogP contribution is -2.42. The molecule has 0 amide bonds. The van der Waals surface area contributed by atoms with Crippen LogP contribution in [-0.2, 0) is 6.42 Å². The quantitative estimate of drug-likeness (QED) is 0.822. The lowest BCUT2D eigenvalue weighted by atomic mass is 9.91. The van der Waals surface area contributed by atoms with Crippen LogP contribution < -0.4 is 0 Å². The predicted molar refractivity (Wildman–Crippen MR) is 68.6 cm³/mol. The van der Waals surface area contributed by atoms with Gasteiger partial charge in [0.15, 0.2) is 0 Å². The van der Waals surface area contributed by atoms with Gasteiger partial charge in [-0.1, -0.05) is 20.3 Å². The third kappa shape index (κ3) is 2.03. The van der Waals surface area contributed by atoms with Gasteiger partial charge in [-0.2, -0.15) is 0 Å². The van der Waals surface area contributed by atoms with Crippen molar-refractivity contribution in [3.8, 4) is 0 Å². The van der Waals surface area contributed by atoms with E-state index in [1.165, 1.54) is 37.9 Å². The molecule has 0 unspecified atom stereocenters. The highest BCUT2D eigenvalue weighted by Gasteiger charge is 2.31. The van der Waals surface area contributed by atoms with E-state index in [1.54, 1.807) is 5.56 Å². The number of fused-ring (bicyclic) bond motifs is 1. The highest BCUT2D eigenvalue weighted by atomic mass is 15.2. The molecule has 2 nitrogen and oxygen atoms in total. The molecule has 2 rings (SSSR count). The Labute approximate surface area is 99.0 Å². The van der Waals surface area contributed by atoms with Gasteiger partial charge in [0.1, 0.15) is 0 Å². The average Bonchev–Trinajstić information content (AvgIpc) is 2.71. The fourth-order valence-corrected chi connectivity index (χ4v) is 3.03. The molecular weight excluding hydrogens is 196 g/mol. The third-order valence-corrected chi connectivity index (χ3v) is 3.74. The molecule has 90 valence electrons. The van der Waals surface area contributed by atoms with Crippen LogP contribution in [0.1, 0.15) is 57.3 Å². The molecule has 2 heteroatoms. The zero-order valence-corrected chi connectivity index (χ0v) is 10.8. The summed E-state index contributed by atoms with van der Waals surface area (Å²) in [5.41, 5.74) is 3.02. The first-order valence-corrected chi connectivity index (χ1v) is 6.69. The van der Waals surface area contributed by atoms with Gasteiger partial charge in [0.2, 0.25) is 0 Å². The van der Waals surface area contributed by atoms with Crippen molar-refractivity contribution < 1.29 is 0 Å². The Balaban J connectivity index is 2.26. The van der Waals surface area contributed by atoms with E-state index in [2.05, 4.69) is 42.9 Å². The summed E-state index contributed by atoms with van der Waals surface area (Å²) in [7, 11) is 0. The summed E-state index contributed by atoms with van der Waals surface area (Å²) in [6, 6.07) is 3.61. The van der Waals surface area contributed by atoms with E-state index in [9.17, 15) is 0 Å². The van der Waals surface area contributed by atoms with E-state index in [0.29, 0.717) is 12.1 Å². The van der Waals surface area contributed by atoms with Crippen LogP contribution in [0, 0.1) is 0 Å². The molecule has 0 aromatic carbocycles. The largest absolute Gasteiger partial charge is 0.365 e. The second-order valence-electron chi connectivity index (χ2n) is 5.01. The number of H-pyrrole nitrogens is 1. The maximum absolute atomic E-state index is 3.41. The van der Waals surface area contributed by atoms with Crippen molar-refractivity contribution in [1.82, 2.24) is 9.88 Å². The van der Waals surface area contributed by atoms with E-state index in [1.807, 2.05) is 0 Å². The summed E-state index contributed by atoms with van der Waals surface area (Å²) in [6.07, 6.45) is 7.10. The molecule has 2 atom stereocenters. The molecule has 1 aromatic rings. The third-order valence-electron chi connectivity index (χ3n) is 3.74. The molecule has 0 bridgehead atoms. The number of aromatic amines is 1. The lowest BCUT2D eigenvalue weighted by Gasteiger charge is -2.40. The molecule has 1 aromatic heterocycles. The van der Waals surface area contributed by atoms with Crippen LogP contribution in [0.4, 0.5) is 0 Å². The van der Waals surface area contributed by atoms with Crippen LogP contribution in [0.5, 0.6) is 0 Å². The van der Waals surface area contributed by atoms with E-state index in [4.69, 9.17) is 0 Å². The number of nitrogens with one attached hydrogen (secondary N) is 1. The van der Waals surface area contributed by atoms with E-state index >= 15 is 0 Å². The first-order chi connectivity index (χ1) is 7.77. The molecule has 1 N–H and O–H groups in total. The normalized spacial score (nSPS) is 25.7. The molecule has 2 heterocycles. The SMILES string of the molecule is CCC[C@@H]1c2cc[nH]c2C[C@H](C)N1CCC. The Morgan fingerprint density at radius 2 is 2.19 bits per heavy atom. The molecule has 0 saturated carbocycles. The average molecular weight is 220 g/mol. The smallest absolute Gasteiger partial charge is 0.0368 e. The van der Waals surface area contributed by atoms with E-state index in [0.717, 1.165) is 0 Å². The minimum atomic E-state index is 0.648. The second kappa shape index (κ2) is 5.05. The van der Waals surface area contributed by atoms with Gasteiger partial charge >= 0.3 is 0 Å². The van der Waals surface area contributed by atoms with Gasteiger partial charge in [0, 0.05) is 30.4 Å². The minimum Gasteiger partial charge on any atom is -0.365 e. The van der Waals surface area contributed by atoms with Gasteiger partial charge in [-0.05, 0) is 37.9 Å². The molecule has 0 spiro atoms. The summed E-state index contributed by atoms with van der Waals surface area (Å²) >= 11 is 0. The van der Waals surface area contributed by atoms with Gasteiger partial charge < -0.3 is 4.98 Å². The lowest BCUT2D eigenvalue weighted by molar-refractivity contribution is 0.119. The summed E-state index contributed by atoms with van der Waals surface area (Å²) in [6.45, 7) is 8.16. The van der Waals surface area contributed by atoms with Crippen LogP contribution in [0.25, 0.3) is 0 Å². The number of hydrogen-bond acceptors (Lipinski definition) is 1. The molecular formula is C14H24N2. The number of nitrogens with zero attached hydrogens (tertiary/aromatic N) is 1.